The summed E-state index contributed by atoms with van der Waals surface area (Å²) in [4.78, 5) is 14.0. The number of rotatable bonds is 6. The third kappa shape index (κ3) is 5.98. The third-order valence-electron chi connectivity index (χ3n) is 4.52. The van der Waals surface area contributed by atoms with Crippen LogP contribution in [0.5, 0.6) is 0 Å². The van der Waals surface area contributed by atoms with Gasteiger partial charge in [-0.1, -0.05) is 29.8 Å². The van der Waals surface area contributed by atoms with Crippen LogP contribution in [-0.4, -0.2) is 37.5 Å². The van der Waals surface area contributed by atoms with E-state index in [4.69, 9.17) is 0 Å². The molecule has 1 saturated heterocycles. The van der Waals surface area contributed by atoms with Gasteiger partial charge in [0.15, 0.2) is 0 Å². The van der Waals surface area contributed by atoms with Gasteiger partial charge in [0.1, 0.15) is 0 Å². The molecule has 1 fully saturated rings. The van der Waals surface area contributed by atoms with E-state index in [9.17, 15) is 4.79 Å². The second kappa shape index (κ2) is 9.86. The second-order valence-corrected chi connectivity index (χ2v) is 6.20. The van der Waals surface area contributed by atoms with Gasteiger partial charge in [0, 0.05) is 26.1 Å². The lowest BCUT2D eigenvalue weighted by Gasteiger charge is -2.32. The molecule has 1 aliphatic rings. The molecular formula is C18H29ClN2O. The summed E-state index contributed by atoms with van der Waals surface area (Å²) in [6, 6.07) is 8.87. The van der Waals surface area contributed by atoms with Gasteiger partial charge in [-0.05, 0) is 51.1 Å². The molecule has 1 heterocycles. The lowest BCUT2D eigenvalue weighted by molar-refractivity contribution is -0.132. The van der Waals surface area contributed by atoms with Crippen molar-refractivity contribution in [2.75, 3.05) is 26.7 Å². The summed E-state index contributed by atoms with van der Waals surface area (Å²) in [6.07, 6.45) is 5.37. The zero-order chi connectivity index (χ0) is 15.1. The molecule has 2 rings (SSSR count). The van der Waals surface area contributed by atoms with Crippen molar-refractivity contribution in [3.05, 3.63) is 35.4 Å². The number of amides is 1. The zero-order valence-electron chi connectivity index (χ0n) is 13.8. The van der Waals surface area contributed by atoms with E-state index < -0.39 is 0 Å². The Hall–Kier alpha value is -1.06. The molecule has 0 unspecified atom stereocenters. The summed E-state index contributed by atoms with van der Waals surface area (Å²) in [7, 11) is 1.89. The first-order chi connectivity index (χ1) is 10.2. The van der Waals surface area contributed by atoms with Crippen LogP contribution in [0.3, 0.4) is 0 Å². The maximum absolute atomic E-state index is 12.0. The number of nitrogens with one attached hydrogen (secondary N) is 1. The predicted molar refractivity (Wildman–Crippen MR) is 94.6 cm³/mol. The van der Waals surface area contributed by atoms with Crippen LogP contribution in [0.4, 0.5) is 0 Å². The summed E-state index contributed by atoms with van der Waals surface area (Å²) in [5, 5.41) is 3.04. The molecule has 0 aliphatic carbocycles. The third-order valence-corrected chi connectivity index (χ3v) is 4.52. The van der Waals surface area contributed by atoms with Crippen LogP contribution in [0.2, 0.25) is 0 Å². The van der Waals surface area contributed by atoms with Gasteiger partial charge in [0.25, 0.3) is 0 Å². The first kappa shape index (κ1) is 19.0. The number of hydrogen-bond acceptors (Lipinski definition) is 2. The molecule has 1 amide bonds. The Morgan fingerprint density at radius 1 is 1.23 bits per heavy atom. The van der Waals surface area contributed by atoms with Crippen molar-refractivity contribution >= 4 is 18.3 Å². The van der Waals surface area contributed by atoms with Crippen LogP contribution in [0.25, 0.3) is 0 Å². The van der Waals surface area contributed by atoms with Gasteiger partial charge in [-0.2, -0.15) is 0 Å². The van der Waals surface area contributed by atoms with Gasteiger partial charge in [-0.3, -0.25) is 4.79 Å². The average molecular weight is 325 g/mol. The Labute approximate surface area is 140 Å². The van der Waals surface area contributed by atoms with Crippen LogP contribution in [0.15, 0.2) is 24.3 Å². The SMILES string of the molecule is CNCCC(=O)N1CCC(CCc2ccc(C)cc2)CC1.Cl. The van der Waals surface area contributed by atoms with Crippen LogP contribution in [0.1, 0.15) is 36.8 Å². The lowest BCUT2D eigenvalue weighted by Crippen LogP contribution is -2.39. The number of aryl methyl sites for hydroxylation is 2. The number of halogens is 1. The summed E-state index contributed by atoms with van der Waals surface area (Å²) in [5.41, 5.74) is 2.76. The molecule has 0 radical (unpaired) electrons. The fourth-order valence-corrected chi connectivity index (χ4v) is 2.99. The molecule has 1 aliphatic heterocycles. The van der Waals surface area contributed by atoms with Crippen molar-refractivity contribution < 1.29 is 4.79 Å². The molecule has 1 aromatic carbocycles. The van der Waals surface area contributed by atoms with Crippen molar-refractivity contribution in [3.8, 4) is 0 Å². The van der Waals surface area contributed by atoms with Crippen LogP contribution in [-0.2, 0) is 11.2 Å². The Morgan fingerprint density at radius 2 is 1.86 bits per heavy atom. The number of carbonyl (C=O) groups excluding carboxylic acids is 1. The fraction of sp³-hybridized carbons (Fsp3) is 0.611. The van der Waals surface area contributed by atoms with Gasteiger partial charge in [0.2, 0.25) is 5.91 Å². The molecule has 1 aromatic rings. The van der Waals surface area contributed by atoms with Crippen molar-refractivity contribution in [3.63, 3.8) is 0 Å². The minimum Gasteiger partial charge on any atom is -0.343 e. The Kier molecular flexibility index (Phi) is 8.51. The number of benzene rings is 1. The number of piperidine rings is 1. The standard InChI is InChI=1S/C18H28N2O.ClH/c1-15-3-5-16(6-4-15)7-8-17-10-13-20(14-11-17)18(21)9-12-19-2;/h3-6,17,19H,7-14H2,1-2H3;1H. The molecular weight excluding hydrogens is 296 g/mol. The predicted octanol–water partition coefficient (Wildman–Crippen LogP) is 3.20. The maximum Gasteiger partial charge on any atom is 0.223 e. The Morgan fingerprint density at radius 3 is 2.45 bits per heavy atom. The van der Waals surface area contributed by atoms with Gasteiger partial charge < -0.3 is 10.2 Å². The normalized spacial score (nSPS) is 15.5. The maximum atomic E-state index is 12.0. The Bertz CT molecular complexity index is 439. The van der Waals surface area contributed by atoms with E-state index in [-0.39, 0.29) is 12.4 Å². The van der Waals surface area contributed by atoms with E-state index in [0.717, 1.165) is 38.4 Å². The number of likely N-dealkylation sites (tertiary alicyclic amines) is 1. The zero-order valence-corrected chi connectivity index (χ0v) is 14.6. The largest absolute Gasteiger partial charge is 0.343 e. The van der Waals surface area contributed by atoms with Crippen molar-refractivity contribution in [2.45, 2.75) is 39.0 Å². The van der Waals surface area contributed by atoms with Crippen molar-refractivity contribution in [1.82, 2.24) is 10.2 Å². The lowest BCUT2D eigenvalue weighted by atomic mass is 9.90. The molecule has 4 heteroatoms. The molecule has 22 heavy (non-hydrogen) atoms. The van der Waals surface area contributed by atoms with Gasteiger partial charge in [-0.15, -0.1) is 12.4 Å². The topological polar surface area (TPSA) is 32.3 Å². The minimum atomic E-state index is 0. The molecule has 3 nitrogen and oxygen atoms in total. The molecule has 0 saturated carbocycles. The number of nitrogens with zero attached hydrogens (tertiary/aromatic N) is 1. The van der Waals surface area contributed by atoms with E-state index in [1.807, 2.05) is 11.9 Å². The minimum absolute atomic E-state index is 0. The highest BCUT2D eigenvalue weighted by atomic mass is 35.5. The summed E-state index contributed by atoms with van der Waals surface area (Å²) in [6.45, 7) is 4.80. The molecule has 124 valence electrons. The smallest absolute Gasteiger partial charge is 0.223 e. The molecule has 0 bridgehead atoms. The van der Waals surface area contributed by atoms with Gasteiger partial charge in [0.05, 0.1) is 0 Å². The quantitative estimate of drug-likeness (QED) is 0.871. The Balaban J connectivity index is 0.00000242. The highest BCUT2D eigenvalue weighted by molar-refractivity contribution is 5.85. The van der Waals surface area contributed by atoms with Gasteiger partial charge in [-0.25, -0.2) is 0 Å². The molecule has 0 spiro atoms. The van der Waals surface area contributed by atoms with Crippen molar-refractivity contribution in [2.24, 2.45) is 5.92 Å². The monoisotopic (exact) mass is 324 g/mol. The fourth-order valence-electron chi connectivity index (χ4n) is 2.99. The molecule has 1 N–H and O–H groups in total. The first-order valence-corrected chi connectivity index (χ1v) is 8.17. The summed E-state index contributed by atoms with van der Waals surface area (Å²) in [5.74, 6) is 1.08. The highest BCUT2D eigenvalue weighted by Gasteiger charge is 2.22. The number of hydrogen-bond donors (Lipinski definition) is 1. The van der Waals surface area contributed by atoms with Crippen LogP contribution in [0, 0.1) is 12.8 Å². The van der Waals surface area contributed by atoms with E-state index in [1.165, 1.54) is 24.0 Å². The van der Waals surface area contributed by atoms with E-state index >= 15 is 0 Å². The van der Waals surface area contributed by atoms with Crippen LogP contribution < -0.4 is 5.32 Å². The highest BCUT2D eigenvalue weighted by Crippen LogP contribution is 2.23. The average Bonchev–Trinajstić information content (AvgIpc) is 2.52. The van der Waals surface area contributed by atoms with Crippen LogP contribution >= 0.6 is 12.4 Å². The first-order valence-electron chi connectivity index (χ1n) is 8.17. The molecule has 0 aromatic heterocycles. The van der Waals surface area contributed by atoms with E-state index in [2.05, 4.69) is 36.5 Å². The van der Waals surface area contributed by atoms with Crippen molar-refractivity contribution in [1.29, 1.82) is 0 Å². The summed E-state index contributed by atoms with van der Waals surface area (Å²) >= 11 is 0. The van der Waals surface area contributed by atoms with E-state index in [0.29, 0.717) is 12.3 Å². The van der Waals surface area contributed by atoms with Gasteiger partial charge >= 0.3 is 0 Å². The van der Waals surface area contributed by atoms with E-state index in [1.54, 1.807) is 0 Å². The molecule has 0 atom stereocenters. The second-order valence-electron chi connectivity index (χ2n) is 6.20. The summed E-state index contributed by atoms with van der Waals surface area (Å²) < 4.78 is 0. The number of carbonyl (C=O) groups is 1.